The Kier molecular flexibility index (Phi) is 7.36. The number of ether oxygens (including phenoxy) is 1. The van der Waals surface area contributed by atoms with E-state index in [0.29, 0.717) is 11.3 Å². The highest BCUT2D eigenvalue weighted by molar-refractivity contribution is 8.00. The molecule has 0 bridgehead atoms. The van der Waals surface area contributed by atoms with E-state index in [-0.39, 0.29) is 37.2 Å². The second kappa shape index (κ2) is 8.77. The molecule has 0 amide bonds. The third kappa shape index (κ3) is 7.80. The molecule has 2 N–H and O–H groups in total. The number of aliphatic hydroxyl groups is 1. The molecule has 1 unspecified atom stereocenters. The van der Waals surface area contributed by atoms with Gasteiger partial charge in [-0.3, -0.25) is 0 Å². The summed E-state index contributed by atoms with van der Waals surface area (Å²) in [6, 6.07) is 8.56. The van der Waals surface area contributed by atoms with Gasteiger partial charge in [0.25, 0.3) is 0 Å². The number of nitrogens with zero attached hydrogens (tertiary/aromatic N) is 1. The number of rotatable bonds is 8. The number of hydrogen-bond donors (Lipinski definition) is 2. The molecule has 116 valence electrons. The molecule has 0 saturated heterocycles. The molecule has 0 saturated carbocycles. The minimum Gasteiger partial charge on any atom is -0.489 e. The van der Waals surface area contributed by atoms with Gasteiger partial charge in [-0.2, -0.15) is 18.4 Å². The van der Waals surface area contributed by atoms with Crippen molar-refractivity contribution in [1.29, 1.82) is 5.26 Å². The summed E-state index contributed by atoms with van der Waals surface area (Å²) in [6.45, 7) is 0.210. The maximum atomic E-state index is 11.9. The fourth-order valence-corrected chi connectivity index (χ4v) is 1.92. The van der Waals surface area contributed by atoms with Crippen molar-refractivity contribution < 1.29 is 23.0 Å². The van der Waals surface area contributed by atoms with Crippen LogP contribution in [0.25, 0.3) is 0 Å². The number of aliphatic hydroxyl groups excluding tert-OH is 1. The Morgan fingerprint density at radius 3 is 2.76 bits per heavy atom. The van der Waals surface area contributed by atoms with E-state index < -0.39 is 11.6 Å². The lowest BCUT2D eigenvalue weighted by Gasteiger charge is -2.14. The van der Waals surface area contributed by atoms with E-state index in [1.807, 2.05) is 6.07 Å². The van der Waals surface area contributed by atoms with Crippen LogP contribution in [0.1, 0.15) is 5.56 Å². The quantitative estimate of drug-likeness (QED) is 0.719. The van der Waals surface area contributed by atoms with Gasteiger partial charge in [0.05, 0.1) is 5.56 Å². The SMILES string of the molecule is N#Cc1ccccc1OCC(O)CNCCSC(F)(F)F. The second-order valence-electron chi connectivity index (χ2n) is 4.07. The molecular weight excluding hydrogens is 305 g/mol. The first-order chi connectivity index (χ1) is 9.92. The van der Waals surface area contributed by atoms with Crippen molar-refractivity contribution >= 4 is 11.8 Å². The van der Waals surface area contributed by atoms with Gasteiger partial charge in [-0.1, -0.05) is 12.1 Å². The van der Waals surface area contributed by atoms with Crippen LogP contribution in [0.15, 0.2) is 24.3 Å². The largest absolute Gasteiger partial charge is 0.489 e. The summed E-state index contributed by atoms with van der Waals surface area (Å²) in [5, 5.41) is 21.2. The van der Waals surface area contributed by atoms with Crippen LogP contribution < -0.4 is 10.1 Å². The van der Waals surface area contributed by atoms with Gasteiger partial charge in [-0.15, -0.1) is 0 Å². The lowest BCUT2D eigenvalue weighted by molar-refractivity contribution is -0.0327. The predicted octanol–water partition coefficient (Wildman–Crippen LogP) is 2.14. The summed E-state index contributed by atoms with van der Waals surface area (Å²) in [4.78, 5) is 0. The normalized spacial score (nSPS) is 12.7. The van der Waals surface area contributed by atoms with Gasteiger partial charge in [0.1, 0.15) is 24.5 Å². The van der Waals surface area contributed by atoms with E-state index in [9.17, 15) is 18.3 Å². The Bertz CT molecular complexity index is 477. The Hall–Kier alpha value is -1.43. The number of thioether (sulfide) groups is 1. The predicted molar refractivity (Wildman–Crippen MR) is 74.0 cm³/mol. The smallest absolute Gasteiger partial charge is 0.441 e. The fraction of sp³-hybridized carbons (Fsp3) is 0.462. The van der Waals surface area contributed by atoms with Gasteiger partial charge in [0, 0.05) is 18.8 Å². The third-order valence-corrected chi connectivity index (χ3v) is 3.10. The van der Waals surface area contributed by atoms with Crippen LogP contribution in [0.5, 0.6) is 5.75 Å². The molecule has 0 aliphatic carbocycles. The highest BCUT2D eigenvalue weighted by atomic mass is 32.2. The maximum Gasteiger partial charge on any atom is 0.441 e. The topological polar surface area (TPSA) is 65.3 Å². The van der Waals surface area contributed by atoms with E-state index in [1.165, 1.54) is 0 Å². The monoisotopic (exact) mass is 320 g/mol. The highest BCUT2D eigenvalue weighted by Gasteiger charge is 2.27. The van der Waals surface area contributed by atoms with Gasteiger partial charge in [0.15, 0.2) is 0 Å². The molecule has 0 aromatic heterocycles. The fourth-order valence-electron chi connectivity index (χ4n) is 1.44. The first kappa shape index (κ1) is 17.6. The minimum absolute atomic E-state index is 0.0435. The second-order valence-corrected chi connectivity index (χ2v) is 5.23. The molecule has 4 nitrogen and oxygen atoms in total. The summed E-state index contributed by atoms with van der Waals surface area (Å²) >= 11 is -0.111. The lowest BCUT2D eigenvalue weighted by atomic mass is 10.2. The Morgan fingerprint density at radius 1 is 1.38 bits per heavy atom. The van der Waals surface area contributed by atoms with Crippen molar-refractivity contribution in [1.82, 2.24) is 5.32 Å². The van der Waals surface area contributed by atoms with Crippen LogP contribution in [0.3, 0.4) is 0 Å². The van der Waals surface area contributed by atoms with Crippen LogP contribution in [0.4, 0.5) is 13.2 Å². The first-order valence-corrected chi connectivity index (χ1v) is 7.12. The molecule has 0 aliphatic rings. The summed E-state index contributed by atoms with van der Waals surface area (Å²) < 4.78 is 40.9. The first-order valence-electron chi connectivity index (χ1n) is 6.14. The van der Waals surface area contributed by atoms with Gasteiger partial charge in [-0.25, -0.2) is 0 Å². The molecule has 1 aromatic carbocycles. The number of halogens is 3. The zero-order chi connectivity index (χ0) is 15.7. The molecule has 0 spiro atoms. The third-order valence-electron chi connectivity index (χ3n) is 2.36. The summed E-state index contributed by atoms with van der Waals surface area (Å²) in [5.41, 5.74) is -3.87. The van der Waals surface area contributed by atoms with Gasteiger partial charge >= 0.3 is 5.51 Å². The lowest BCUT2D eigenvalue weighted by Crippen LogP contribution is -2.33. The number of nitrogens with one attached hydrogen (secondary N) is 1. The molecule has 0 heterocycles. The molecule has 21 heavy (non-hydrogen) atoms. The molecular formula is C13H15F3N2O2S. The number of nitriles is 1. The number of benzene rings is 1. The average Bonchev–Trinajstić information content (AvgIpc) is 2.43. The number of para-hydroxylation sites is 1. The van der Waals surface area contributed by atoms with Crippen LogP contribution in [-0.2, 0) is 0 Å². The van der Waals surface area contributed by atoms with Crippen LogP contribution >= 0.6 is 11.8 Å². The van der Waals surface area contributed by atoms with E-state index >= 15 is 0 Å². The zero-order valence-electron chi connectivity index (χ0n) is 11.1. The molecule has 0 aliphatic heterocycles. The standard InChI is InChI=1S/C13H15F3N2O2S/c14-13(15,16)21-6-5-18-8-11(19)9-20-12-4-2-1-3-10(12)7-17/h1-4,11,18-19H,5-6,8-9H2. The number of hydrogen-bond acceptors (Lipinski definition) is 5. The Balaban J connectivity index is 2.20. The van der Waals surface area contributed by atoms with E-state index in [1.54, 1.807) is 24.3 Å². The highest BCUT2D eigenvalue weighted by Crippen LogP contribution is 2.29. The average molecular weight is 320 g/mol. The summed E-state index contributed by atoms with van der Waals surface area (Å²) in [7, 11) is 0. The van der Waals surface area contributed by atoms with Crippen LogP contribution in [0.2, 0.25) is 0 Å². The molecule has 0 radical (unpaired) electrons. The minimum atomic E-state index is -4.23. The summed E-state index contributed by atoms with van der Waals surface area (Å²) in [6.07, 6.45) is -0.868. The van der Waals surface area contributed by atoms with Crippen molar-refractivity contribution in [2.45, 2.75) is 11.6 Å². The van der Waals surface area contributed by atoms with Crippen LogP contribution in [-0.4, -0.2) is 42.2 Å². The van der Waals surface area contributed by atoms with E-state index in [4.69, 9.17) is 10.00 Å². The van der Waals surface area contributed by atoms with Crippen molar-refractivity contribution in [3.05, 3.63) is 29.8 Å². The van der Waals surface area contributed by atoms with Gasteiger partial charge in [0.2, 0.25) is 0 Å². The van der Waals surface area contributed by atoms with Crippen molar-refractivity contribution in [2.24, 2.45) is 0 Å². The van der Waals surface area contributed by atoms with Crippen molar-refractivity contribution in [3.8, 4) is 11.8 Å². The number of alkyl halides is 3. The van der Waals surface area contributed by atoms with E-state index in [2.05, 4.69) is 5.32 Å². The van der Waals surface area contributed by atoms with Crippen molar-refractivity contribution in [2.75, 3.05) is 25.4 Å². The molecule has 1 aromatic rings. The summed E-state index contributed by atoms with van der Waals surface area (Å²) in [5.74, 6) is 0.251. The zero-order valence-corrected chi connectivity index (χ0v) is 11.9. The van der Waals surface area contributed by atoms with Crippen LogP contribution in [0, 0.1) is 11.3 Å². The maximum absolute atomic E-state index is 11.9. The Morgan fingerprint density at radius 2 is 2.10 bits per heavy atom. The van der Waals surface area contributed by atoms with E-state index in [0.717, 1.165) is 0 Å². The van der Waals surface area contributed by atoms with Crippen molar-refractivity contribution in [3.63, 3.8) is 0 Å². The van der Waals surface area contributed by atoms with Gasteiger partial charge in [-0.05, 0) is 23.9 Å². The Labute approximate surface area is 124 Å². The molecule has 8 heteroatoms. The molecule has 0 fully saturated rings. The molecule has 1 atom stereocenters. The molecule has 1 rings (SSSR count). The van der Waals surface area contributed by atoms with Gasteiger partial charge < -0.3 is 15.2 Å².